The van der Waals surface area contributed by atoms with E-state index in [1.165, 1.54) is 0 Å². The molecule has 0 aromatic carbocycles. The Kier molecular flexibility index (Phi) is 2.84. The highest BCUT2D eigenvalue weighted by atomic mass is 16.5. The second kappa shape index (κ2) is 3.49. The van der Waals surface area contributed by atoms with E-state index >= 15 is 0 Å². The van der Waals surface area contributed by atoms with Gasteiger partial charge in [-0.3, -0.25) is 0 Å². The van der Waals surface area contributed by atoms with Crippen LogP contribution in [0.4, 0.5) is 0 Å². The zero-order valence-corrected chi connectivity index (χ0v) is 6.47. The van der Waals surface area contributed by atoms with Gasteiger partial charge in [0.2, 0.25) is 0 Å². The third-order valence-electron chi connectivity index (χ3n) is 2.07. The maximum absolute atomic E-state index is 9.31. The maximum Gasteiger partial charge on any atom is 0.109 e. The molecule has 2 unspecified atom stereocenters. The molecule has 1 rings (SSSR count). The van der Waals surface area contributed by atoms with Gasteiger partial charge in [-0.25, -0.2) is 0 Å². The van der Waals surface area contributed by atoms with E-state index in [1.54, 1.807) is 6.92 Å². The molecule has 4 heteroatoms. The van der Waals surface area contributed by atoms with Gasteiger partial charge in [0.1, 0.15) is 12.2 Å². The molecule has 0 amide bonds. The standard InChI is InChI=1S/C7H14O4/c1-4-3-11-5(2-8)7(10)6(4)9/h4-10H,2-3H2,1H3/t4?,5?,6-,7+/m1/s1. The van der Waals surface area contributed by atoms with Crippen LogP contribution < -0.4 is 0 Å². The van der Waals surface area contributed by atoms with Crippen molar-refractivity contribution in [2.24, 2.45) is 5.92 Å². The highest BCUT2D eigenvalue weighted by Crippen LogP contribution is 2.19. The smallest absolute Gasteiger partial charge is 0.109 e. The fraction of sp³-hybridized carbons (Fsp3) is 1.00. The Balaban J connectivity index is 2.52. The van der Waals surface area contributed by atoms with Crippen LogP contribution in [0.25, 0.3) is 0 Å². The molecule has 0 aromatic rings. The van der Waals surface area contributed by atoms with Crippen molar-refractivity contribution in [2.45, 2.75) is 25.2 Å². The number of hydrogen-bond donors (Lipinski definition) is 3. The minimum atomic E-state index is -0.955. The lowest BCUT2D eigenvalue weighted by molar-refractivity contribution is -0.170. The molecule has 0 spiro atoms. The van der Waals surface area contributed by atoms with E-state index in [-0.39, 0.29) is 12.5 Å². The van der Waals surface area contributed by atoms with E-state index in [1.807, 2.05) is 0 Å². The van der Waals surface area contributed by atoms with Gasteiger partial charge in [-0.15, -0.1) is 0 Å². The van der Waals surface area contributed by atoms with E-state index in [0.717, 1.165) is 0 Å². The van der Waals surface area contributed by atoms with Gasteiger partial charge in [-0.2, -0.15) is 0 Å². The number of hydrogen-bond acceptors (Lipinski definition) is 4. The summed E-state index contributed by atoms with van der Waals surface area (Å²) < 4.78 is 5.06. The summed E-state index contributed by atoms with van der Waals surface area (Å²) in [4.78, 5) is 0. The summed E-state index contributed by atoms with van der Waals surface area (Å²) in [5.41, 5.74) is 0. The molecule has 0 aliphatic carbocycles. The zero-order chi connectivity index (χ0) is 8.43. The number of aliphatic hydroxyl groups excluding tert-OH is 3. The minimum Gasteiger partial charge on any atom is -0.394 e. The molecule has 66 valence electrons. The van der Waals surface area contributed by atoms with Crippen LogP contribution >= 0.6 is 0 Å². The van der Waals surface area contributed by atoms with Gasteiger partial charge in [0.05, 0.1) is 19.3 Å². The van der Waals surface area contributed by atoms with Crippen LogP contribution in [-0.2, 0) is 4.74 Å². The molecule has 3 N–H and O–H groups in total. The van der Waals surface area contributed by atoms with E-state index in [0.29, 0.717) is 6.61 Å². The van der Waals surface area contributed by atoms with Crippen LogP contribution in [0.2, 0.25) is 0 Å². The molecule has 0 radical (unpaired) electrons. The molecule has 1 saturated heterocycles. The Morgan fingerprint density at radius 2 is 2.00 bits per heavy atom. The lowest BCUT2D eigenvalue weighted by atomic mass is 9.94. The molecule has 11 heavy (non-hydrogen) atoms. The first-order chi connectivity index (χ1) is 5.16. The average Bonchev–Trinajstić information content (AvgIpc) is 2.01. The molecule has 1 fully saturated rings. The van der Waals surface area contributed by atoms with Crippen molar-refractivity contribution in [2.75, 3.05) is 13.2 Å². The van der Waals surface area contributed by atoms with Crippen LogP contribution in [0.1, 0.15) is 6.92 Å². The van der Waals surface area contributed by atoms with Gasteiger partial charge < -0.3 is 20.1 Å². The topological polar surface area (TPSA) is 69.9 Å². The Morgan fingerprint density at radius 3 is 2.55 bits per heavy atom. The largest absolute Gasteiger partial charge is 0.394 e. The van der Waals surface area contributed by atoms with Gasteiger partial charge in [0.25, 0.3) is 0 Å². The fourth-order valence-electron chi connectivity index (χ4n) is 1.19. The molecule has 0 bridgehead atoms. The predicted octanol–water partition coefficient (Wildman–Crippen LogP) is -1.26. The van der Waals surface area contributed by atoms with Crippen LogP contribution in [0.5, 0.6) is 0 Å². The number of rotatable bonds is 1. The summed E-state index contributed by atoms with van der Waals surface area (Å²) in [7, 11) is 0. The summed E-state index contributed by atoms with van der Waals surface area (Å²) in [6, 6.07) is 0. The van der Waals surface area contributed by atoms with E-state index in [4.69, 9.17) is 9.84 Å². The molecular weight excluding hydrogens is 148 g/mol. The lowest BCUT2D eigenvalue weighted by Gasteiger charge is -2.35. The van der Waals surface area contributed by atoms with E-state index in [2.05, 4.69) is 0 Å². The quantitative estimate of drug-likeness (QED) is 0.450. The predicted molar refractivity (Wildman–Crippen MR) is 38.0 cm³/mol. The van der Waals surface area contributed by atoms with Gasteiger partial charge in [0.15, 0.2) is 0 Å². The molecule has 0 aromatic heterocycles. The SMILES string of the molecule is CC1COC(CO)[C@H](O)[C@@H]1O. The van der Waals surface area contributed by atoms with E-state index < -0.39 is 18.3 Å². The second-order valence-corrected chi connectivity index (χ2v) is 3.01. The first-order valence-corrected chi connectivity index (χ1v) is 3.75. The summed E-state index contributed by atoms with van der Waals surface area (Å²) in [5, 5.41) is 27.2. The molecular formula is C7H14O4. The second-order valence-electron chi connectivity index (χ2n) is 3.01. The summed E-state index contributed by atoms with van der Waals surface area (Å²) in [5.74, 6) is -0.0622. The Bertz CT molecular complexity index is 126. The number of aliphatic hydroxyl groups is 3. The molecule has 1 aliphatic heterocycles. The van der Waals surface area contributed by atoms with Crippen LogP contribution in [0, 0.1) is 5.92 Å². The molecule has 0 saturated carbocycles. The van der Waals surface area contributed by atoms with Crippen LogP contribution in [0.15, 0.2) is 0 Å². The van der Waals surface area contributed by atoms with Crippen LogP contribution in [0.3, 0.4) is 0 Å². The van der Waals surface area contributed by atoms with Crippen molar-refractivity contribution in [3.05, 3.63) is 0 Å². The first kappa shape index (κ1) is 8.93. The van der Waals surface area contributed by atoms with Crippen molar-refractivity contribution in [3.63, 3.8) is 0 Å². The average molecular weight is 162 g/mol. The fourth-order valence-corrected chi connectivity index (χ4v) is 1.19. The van der Waals surface area contributed by atoms with Crippen molar-refractivity contribution >= 4 is 0 Å². The molecule has 1 aliphatic rings. The minimum absolute atomic E-state index is 0.0622. The van der Waals surface area contributed by atoms with Crippen molar-refractivity contribution in [1.29, 1.82) is 0 Å². The summed E-state index contributed by atoms with van der Waals surface area (Å²) in [6.45, 7) is 1.94. The van der Waals surface area contributed by atoms with Gasteiger partial charge in [-0.1, -0.05) is 6.92 Å². The normalized spacial score (nSPS) is 45.8. The third-order valence-corrected chi connectivity index (χ3v) is 2.07. The molecule has 4 nitrogen and oxygen atoms in total. The monoisotopic (exact) mass is 162 g/mol. The Labute approximate surface area is 65.4 Å². The summed E-state index contributed by atoms with van der Waals surface area (Å²) in [6.07, 6.45) is -2.36. The summed E-state index contributed by atoms with van der Waals surface area (Å²) >= 11 is 0. The maximum atomic E-state index is 9.31. The highest BCUT2D eigenvalue weighted by Gasteiger charge is 2.35. The zero-order valence-electron chi connectivity index (χ0n) is 6.47. The Hall–Kier alpha value is -0.160. The van der Waals surface area contributed by atoms with Gasteiger partial charge >= 0.3 is 0 Å². The molecule has 1 heterocycles. The molecule has 4 atom stereocenters. The van der Waals surface area contributed by atoms with E-state index in [9.17, 15) is 10.2 Å². The highest BCUT2D eigenvalue weighted by molar-refractivity contribution is 4.84. The van der Waals surface area contributed by atoms with Crippen molar-refractivity contribution < 1.29 is 20.1 Å². The van der Waals surface area contributed by atoms with Crippen LogP contribution in [-0.4, -0.2) is 46.8 Å². The van der Waals surface area contributed by atoms with Gasteiger partial charge in [0, 0.05) is 5.92 Å². The number of ether oxygens (including phenoxy) is 1. The van der Waals surface area contributed by atoms with Crippen molar-refractivity contribution in [3.8, 4) is 0 Å². The Morgan fingerprint density at radius 1 is 1.36 bits per heavy atom. The lowest BCUT2D eigenvalue weighted by Crippen LogP contribution is -2.50. The van der Waals surface area contributed by atoms with Gasteiger partial charge in [-0.05, 0) is 0 Å². The van der Waals surface area contributed by atoms with Crippen molar-refractivity contribution in [1.82, 2.24) is 0 Å². The third kappa shape index (κ3) is 1.70. The first-order valence-electron chi connectivity index (χ1n) is 3.75.